The molecule has 1 unspecified atom stereocenters. The molecule has 1 aliphatic heterocycles. The highest BCUT2D eigenvalue weighted by Crippen LogP contribution is 2.36. The number of alkyl halides is 6. The molecule has 0 bridgehead atoms. The van der Waals surface area contributed by atoms with E-state index >= 15 is 0 Å². The Morgan fingerprint density at radius 1 is 1.06 bits per heavy atom. The third kappa shape index (κ3) is 5.50. The first-order chi connectivity index (χ1) is 14.9. The van der Waals surface area contributed by atoms with Crippen LogP contribution in [-0.2, 0) is 18.9 Å². The molecule has 11 heteroatoms. The largest absolute Gasteiger partial charge is 0.416 e. The molecule has 0 spiro atoms. The predicted molar refractivity (Wildman–Crippen MR) is 102 cm³/mol. The van der Waals surface area contributed by atoms with Gasteiger partial charge in [0.2, 0.25) is 0 Å². The fraction of sp³-hybridized carbons (Fsp3) is 0.381. The summed E-state index contributed by atoms with van der Waals surface area (Å²) in [6.45, 7) is 2.23. The molecule has 0 radical (unpaired) electrons. The number of carbonyl (C=O) groups excluding carboxylic acids is 1. The zero-order chi connectivity index (χ0) is 23.7. The quantitative estimate of drug-likeness (QED) is 0.628. The first-order valence-electron chi connectivity index (χ1n) is 9.66. The van der Waals surface area contributed by atoms with Crippen molar-refractivity contribution in [2.75, 3.05) is 19.6 Å². The summed E-state index contributed by atoms with van der Waals surface area (Å²) >= 11 is 0. The van der Waals surface area contributed by atoms with Crippen LogP contribution in [0.4, 0.5) is 35.5 Å². The summed E-state index contributed by atoms with van der Waals surface area (Å²) in [6, 6.07) is 4.20. The lowest BCUT2D eigenvalue weighted by Crippen LogP contribution is -2.52. The molecule has 1 saturated heterocycles. The van der Waals surface area contributed by atoms with E-state index in [-0.39, 0.29) is 18.2 Å². The highest BCUT2D eigenvalue weighted by Gasteiger charge is 2.37. The number of aryl methyl sites for hydroxylation is 1. The van der Waals surface area contributed by atoms with Crippen LogP contribution in [0.15, 0.2) is 36.4 Å². The van der Waals surface area contributed by atoms with Crippen LogP contribution < -0.4 is 10.6 Å². The van der Waals surface area contributed by atoms with Crippen molar-refractivity contribution in [3.63, 3.8) is 0 Å². The average molecular weight is 463 g/mol. The van der Waals surface area contributed by atoms with E-state index in [1.54, 1.807) is 13.0 Å². The summed E-state index contributed by atoms with van der Waals surface area (Å²) in [4.78, 5) is 14.2. The summed E-state index contributed by atoms with van der Waals surface area (Å²) < 4.78 is 91.6. The monoisotopic (exact) mass is 463 g/mol. The van der Waals surface area contributed by atoms with Gasteiger partial charge in [0.05, 0.1) is 17.2 Å². The Kier molecular flexibility index (Phi) is 6.68. The van der Waals surface area contributed by atoms with Crippen molar-refractivity contribution in [1.29, 1.82) is 0 Å². The number of hydrogen-bond donors (Lipinski definition) is 2. The fourth-order valence-corrected chi connectivity index (χ4v) is 3.64. The van der Waals surface area contributed by atoms with Crippen molar-refractivity contribution in [1.82, 2.24) is 15.5 Å². The summed E-state index contributed by atoms with van der Waals surface area (Å²) in [5.74, 6) is -0.434. The second-order valence-corrected chi connectivity index (χ2v) is 7.49. The van der Waals surface area contributed by atoms with Gasteiger partial charge in [0.25, 0.3) is 0 Å². The standard InChI is InChI=1S/C21H20F7N3O/c1-12-6-16(22)2-3-17(12)18-11-29-4-5-31(18)19(32)30-10-13-7-14(20(23,24)25)9-15(8-13)21(26,27)28/h2-3,6-9,18,29H,4-5,10-11H2,1H3,(H,30,32). The molecule has 174 valence electrons. The van der Waals surface area contributed by atoms with Crippen LogP contribution in [0.25, 0.3) is 0 Å². The Morgan fingerprint density at radius 2 is 1.69 bits per heavy atom. The SMILES string of the molecule is Cc1cc(F)ccc1C1CNCCN1C(=O)NCc1cc(C(F)(F)F)cc(C(F)(F)F)c1. The third-order valence-corrected chi connectivity index (χ3v) is 5.19. The molecule has 2 amide bonds. The summed E-state index contributed by atoms with van der Waals surface area (Å²) in [5.41, 5.74) is -1.92. The zero-order valence-electron chi connectivity index (χ0n) is 16.9. The van der Waals surface area contributed by atoms with E-state index in [1.807, 2.05) is 0 Å². The van der Waals surface area contributed by atoms with Gasteiger partial charge in [-0.15, -0.1) is 0 Å². The Labute approximate surface area is 179 Å². The van der Waals surface area contributed by atoms with Crippen molar-refractivity contribution in [2.24, 2.45) is 0 Å². The fourth-order valence-electron chi connectivity index (χ4n) is 3.64. The van der Waals surface area contributed by atoms with Crippen LogP contribution in [0.5, 0.6) is 0 Å². The van der Waals surface area contributed by atoms with Crippen LogP contribution in [0.3, 0.4) is 0 Å². The van der Waals surface area contributed by atoms with Gasteiger partial charge in [0, 0.05) is 26.2 Å². The van der Waals surface area contributed by atoms with E-state index in [1.165, 1.54) is 17.0 Å². The number of piperazine rings is 1. The molecular formula is C21H20F7N3O. The average Bonchev–Trinajstić information content (AvgIpc) is 2.70. The molecule has 2 aromatic rings. The molecule has 2 aromatic carbocycles. The summed E-state index contributed by atoms with van der Waals surface area (Å²) in [5, 5.41) is 5.52. The Hall–Kier alpha value is -2.82. The molecule has 0 aliphatic carbocycles. The number of benzene rings is 2. The first kappa shape index (κ1) is 23.8. The number of rotatable bonds is 3. The highest BCUT2D eigenvalue weighted by molar-refractivity contribution is 5.75. The van der Waals surface area contributed by atoms with Gasteiger partial charge in [-0.2, -0.15) is 26.3 Å². The minimum atomic E-state index is -4.97. The molecule has 1 fully saturated rings. The van der Waals surface area contributed by atoms with Gasteiger partial charge < -0.3 is 15.5 Å². The maximum Gasteiger partial charge on any atom is 0.416 e. The van der Waals surface area contributed by atoms with Crippen molar-refractivity contribution in [3.8, 4) is 0 Å². The van der Waals surface area contributed by atoms with E-state index in [0.717, 1.165) is 0 Å². The van der Waals surface area contributed by atoms with Gasteiger partial charge in [-0.25, -0.2) is 9.18 Å². The predicted octanol–water partition coefficient (Wildman–Crippen LogP) is 5.03. The number of hydrogen-bond acceptors (Lipinski definition) is 2. The molecule has 1 atom stereocenters. The Morgan fingerprint density at radius 3 is 2.25 bits per heavy atom. The van der Waals surface area contributed by atoms with Gasteiger partial charge in [0.15, 0.2) is 0 Å². The minimum Gasteiger partial charge on any atom is -0.334 e. The number of urea groups is 1. The number of halogens is 7. The maximum absolute atomic E-state index is 13.4. The second kappa shape index (κ2) is 8.97. The first-order valence-corrected chi connectivity index (χ1v) is 9.66. The molecule has 2 N–H and O–H groups in total. The van der Waals surface area contributed by atoms with Crippen LogP contribution in [0.1, 0.15) is 33.9 Å². The topological polar surface area (TPSA) is 44.4 Å². The van der Waals surface area contributed by atoms with Crippen LogP contribution in [0.2, 0.25) is 0 Å². The van der Waals surface area contributed by atoms with E-state index < -0.39 is 47.9 Å². The smallest absolute Gasteiger partial charge is 0.334 e. The minimum absolute atomic E-state index is 0.0367. The van der Waals surface area contributed by atoms with E-state index in [9.17, 15) is 35.5 Å². The van der Waals surface area contributed by atoms with Gasteiger partial charge in [-0.3, -0.25) is 0 Å². The van der Waals surface area contributed by atoms with Gasteiger partial charge in [-0.1, -0.05) is 6.07 Å². The molecule has 32 heavy (non-hydrogen) atoms. The highest BCUT2D eigenvalue weighted by atomic mass is 19.4. The van der Waals surface area contributed by atoms with Crippen molar-refractivity contribution in [2.45, 2.75) is 31.9 Å². The second-order valence-electron chi connectivity index (χ2n) is 7.49. The molecular weight excluding hydrogens is 443 g/mol. The van der Waals surface area contributed by atoms with Crippen LogP contribution >= 0.6 is 0 Å². The van der Waals surface area contributed by atoms with Crippen molar-refractivity contribution in [3.05, 3.63) is 70.0 Å². The summed E-state index contributed by atoms with van der Waals surface area (Å²) in [6.07, 6.45) is -9.94. The van der Waals surface area contributed by atoms with Crippen LogP contribution in [-0.4, -0.2) is 30.6 Å². The van der Waals surface area contributed by atoms with E-state index in [2.05, 4.69) is 10.6 Å². The normalized spacial score (nSPS) is 17.4. The lowest BCUT2D eigenvalue weighted by molar-refractivity contribution is -0.143. The molecule has 0 saturated carbocycles. The molecule has 1 aliphatic rings. The zero-order valence-corrected chi connectivity index (χ0v) is 16.9. The maximum atomic E-state index is 13.4. The van der Waals surface area contributed by atoms with Gasteiger partial charge in [-0.05, 0) is 53.9 Å². The Balaban J connectivity index is 1.80. The Bertz CT molecular complexity index is 956. The number of carbonyl (C=O) groups is 1. The van der Waals surface area contributed by atoms with Gasteiger partial charge >= 0.3 is 18.4 Å². The summed E-state index contributed by atoms with van der Waals surface area (Å²) in [7, 11) is 0. The number of amides is 2. The van der Waals surface area contributed by atoms with Crippen LogP contribution in [0, 0.1) is 12.7 Å². The van der Waals surface area contributed by atoms with Crippen molar-refractivity contribution < 1.29 is 35.5 Å². The molecule has 1 heterocycles. The number of nitrogens with one attached hydrogen (secondary N) is 2. The van der Waals surface area contributed by atoms with Crippen molar-refractivity contribution >= 4 is 6.03 Å². The van der Waals surface area contributed by atoms with E-state index in [4.69, 9.17) is 0 Å². The molecule has 4 nitrogen and oxygen atoms in total. The molecule has 0 aromatic heterocycles. The number of nitrogens with zero attached hydrogens (tertiary/aromatic N) is 1. The third-order valence-electron chi connectivity index (χ3n) is 5.19. The molecule has 3 rings (SSSR count). The van der Waals surface area contributed by atoms with E-state index in [0.29, 0.717) is 36.3 Å². The lowest BCUT2D eigenvalue weighted by Gasteiger charge is -2.37. The van der Waals surface area contributed by atoms with Gasteiger partial charge in [0.1, 0.15) is 5.82 Å². The lowest BCUT2D eigenvalue weighted by atomic mass is 9.98.